The molecule has 26 heavy (non-hydrogen) atoms. The van der Waals surface area contributed by atoms with Crippen LogP contribution >= 0.6 is 35.0 Å². The van der Waals surface area contributed by atoms with Crippen molar-refractivity contribution in [1.29, 1.82) is 0 Å². The Balaban J connectivity index is 1.80. The number of thioether (sulfide) groups is 1. The summed E-state index contributed by atoms with van der Waals surface area (Å²) in [5, 5.41) is -0.529. The average Bonchev–Trinajstić information content (AvgIpc) is 2.83. The van der Waals surface area contributed by atoms with E-state index >= 15 is 0 Å². The molecule has 0 bridgehead atoms. The molecule has 0 aliphatic carbocycles. The normalized spacial score (nSPS) is 17.9. The van der Waals surface area contributed by atoms with Gasteiger partial charge in [-0.3, -0.25) is 9.59 Å². The van der Waals surface area contributed by atoms with E-state index in [4.69, 9.17) is 23.2 Å². The number of hydrogen-bond donors (Lipinski definition) is 0. The highest BCUT2D eigenvalue weighted by molar-refractivity contribution is 8.00. The molecule has 1 atom stereocenters. The molecule has 1 unspecified atom stereocenters. The van der Waals surface area contributed by atoms with Gasteiger partial charge in [0.2, 0.25) is 11.8 Å². The van der Waals surface area contributed by atoms with Crippen molar-refractivity contribution < 1.29 is 22.8 Å². The SMILES string of the molecule is O=C1CC(Sc2ncc(C(F)(F)F)cc2Cl)C(=O)N1c1ccc(Cl)cc1. The van der Waals surface area contributed by atoms with Crippen molar-refractivity contribution in [2.75, 3.05) is 4.90 Å². The van der Waals surface area contributed by atoms with Crippen LogP contribution < -0.4 is 4.90 Å². The summed E-state index contributed by atoms with van der Waals surface area (Å²) in [6.45, 7) is 0. The van der Waals surface area contributed by atoms with Crippen LogP contribution in [0.15, 0.2) is 41.6 Å². The molecule has 2 aromatic rings. The number of carbonyl (C=O) groups is 2. The summed E-state index contributed by atoms with van der Waals surface area (Å²) in [5.41, 5.74) is -0.609. The zero-order chi connectivity index (χ0) is 19.1. The Hall–Kier alpha value is -1.77. The van der Waals surface area contributed by atoms with Crippen molar-refractivity contribution in [3.63, 3.8) is 0 Å². The van der Waals surface area contributed by atoms with Crippen LogP contribution in [0.3, 0.4) is 0 Å². The third kappa shape index (κ3) is 3.82. The Morgan fingerprint density at radius 3 is 2.38 bits per heavy atom. The molecule has 10 heteroatoms. The van der Waals surface area contributed by atoms with Gasteiger partial charge in [-0.1, -0.05) is 35.0 Å². The first-order valence-electron chi connectivity index (χ1n) is 7.18. The first-order valence-corrected chi connectivity index (χ1v) is 8.82. The average molecular weight is 421 g/mol. The third-order valence-corrected chi connectivity index (χ3v) is 5.43. The fraction of sp³-hybridized carbons (Fsp3) is 0.188. The lowest BCUT2D eigenvalue weighted by Crippen LogP contribution is -2.31. The Bertz CT molecular complexity index is 875. The summed E-state index contributed by atoms with van der Waals surface area (Å²) in [6, 6.07) is 6.91. The first-order chi connectivity index (χ1) is 12.2. The number of pyridine rings is 1. The van der Waals surface area contributed by atoms with Gasteiger partial charge in [0.25, 0.3) is 0 Å². The van der Waals surface area contributed by atoms with Crippen molar-refractivity contribution >= 4 is 52.5 Å². The number of aromatic nitrogens is 1. The molecule has 4 nitrogen and oxygen atoms in total. The second kappa shape index (κ2) is 7.09. The van der Waals surface area contributed by atoms with Crippen molar-refractivity contribution in [3.05, 3.63) is 52.1 Å². The number of nitrogens with zero attached hydrogens (tertiary/aromatic N) is 2. The van der Waals surface area contributed by atoms with Crippen LogP contribution in [0.2, 0.25) is 10.0 Å². The van der Waals surface area contributed by atoms with E-state index in [1.54, 1.807) is 12.1 Å². The van der Waals surface area contributed by atoms with E-state index in [0.29, 0.717) is 16.9 Å². The molecule has 136 valence electrons. The van der Waals surface area contributed by atoms with E-state index < -0.39 is 28.8 Å². The van der Waals surface area contributed by atoms with Crippen LogP contribution in [0.4, 0.5) is 18.9 Å². The van der Waals surface area contributed by atoms with Crippen LogP contribution in [0.25, 0.3) is 0 Å². The molecular formula is C16H9Cl2F3N2O2S. The lowest BCUT2D eigenvalue weighted by atomic mass is 10.3. The number of imide groups is 1. The van der Waals surface area contributed by atoms with Gasteiger partial charge in [-0.05, 0) is 30.3 Å². The van der Waals surface area contributed by atoms with E-state index in [9.17, 15) is 22.8 Å². The molecule has 0 saturated carbocycles. The minimum Gasteiger partial charge on any atom is -0.274 e. The van der Waals surface area contributed by atoms with Gasteiger partial charge in [0.1, 0.15) is 5.03 Å². The fourth-order valence-electron chi connectivity index (χ4n) is 2.36. The van der Waals surface area contributed by atoms with E-state index in [-0.39, 0.29) is 16.5 Å². The third-order valence-electron chi connectivity index (χ3n) is 3.58. The molecular weight excluding hydrogens is 412 g/mol. The quantitative estimate of drug-likeness (QED) is 0.667. The molecule has 1 fully saturated rings. The first kappa shape index (κ1) is 19.0. The topological polar surface area (TPSA) is 50.3 Å². The van der Waals surface area contributed by atoms with E-state index in [0.717, 1.165) is 22.7 Å². The number of carbonyl (C=O) groups excluding carboxylic acids is 2. The number of amides is 2. The second-order valence-corrected chi connectivity index (χ2v) is 7.40. The summed E-state index contributed by atoms with van der Waals surface area (Å²) in [4.78, 5) is 29.4. The predicted molar refractivity (Wildman–Crippen MR) is 92.5 cm³/mol. The Morgan fingerprint density at radius 1 is 1.15 bits per heavy atom. The smallest absolute Gasteiger partial charge is 0.274 e. The molecule has 0 N–H and O–H groups in total. The highest BCUT2D eigenvalue weighted by atomic mass is 35.5. The van der Waals surface area contributed by atoms with Gasteiger partial charge in [0.15, 0.2) is 0 Å². The Morgan fingerprint density at radius 2 is 1.81 bits per heavy atom. The van der Waals surface area contributed by atoms with Crippen molar-refractivity contribution in [1.82, 2.24) is 4.98 Å². The molecule has 2 heterocycles. The number of rotatable bonds is 3. The van der Waals surface area contributed by atoms with Gasteiger partial charge in [-0.25, -0.2) is 9.88 Å². The molecule has 0 spiro atoms. The number of benzene rings is 1. The van der Waals surface area contributed by atoms with Crippen LogP contribution in [0, 0.1) is 0 Å². The van der Waals surface area contributed by atoms with Gasteiger partial charge >= 0.3 is 6.18 Å². The van der Waals surface area contributed by atoms with Crippen molar-refractivity contribution in [2.24, 2.45) is 0 Å². The largest absolute Gasteiger partial charge is 0.417 e. The fourth-order valence-corrected chi connectivity index (χ4v) is 3.77. The molecule has 1 aromatic heterocycles. The van der Waals surface area contributed by atoms with E-state index in [1.165, 1.54) is 12.1 Å². The maximum atomic E-state index is 12.7. The Kier molecular flexibility index (Phi) is 5.18. The summed E-state index contributed by atoms with van der Waals surface area (Å²) in [7, 11) is 0. The summed E-state index contributed by atoms with van der Waals surface area (Å²) >= 11 is 12.5. The number of hydrogen-bond acceptors (Lipinski definition) is 4. The van der Waals surface area contributed by atoms with Crippen LogP contribution in [-0.2, 0) is 15.8 Å². The summed E-state index contributed by atoms with van der Waals surface area (Å²) < 4.78 is 38.0. The van der Waals surface area contributed by atoms with Gasteiger partial charge in [-0.2, -0.15) is 13.2 Å². The number of anilines is 1. The van der Waals surface area contributed by atoms with Crippen molar-refractivity contribution in [3.8, 4) is 0 Å². The molecule has 1 aliphatic heterocycles. The molecule has 1 aromatic carbocycles. The van der Waals surface area contributed by atoms with Gasteiger partial charge in [-0.15, -0.1) is 0 Å². The molecule has 1 aliphatic rings. The number of halogens is 5. The molecule has 2 amide bonds. The zero-order valence-corrected chi connectivity index (χ0v) is 15.1. The van der Waals surface area contributed by atoms with Gasteiger partial charge in [0, 0.05) is 17.6 Å². The highest BCUT2D eigenvalue weighted by Gasteiger charge is 2.41. The summed E-state index contributed by atoms with van der Waals surface area (Å²) in [6.07, 6.45) is -4.03. The van der Waals surface area contributed by atoms with Gasteiger partial charge in [0.05, 0.1) is 21.5 Å². The highest BCUT2D eigenvalue weighted by Crippen LogP contribution is 2.38. The maximum Gasteiger partial charge on any atom is 0.417 e. The monoisotopic (exact) mass is 420 g/mol. The van der Waals surface area contributed by atoms with Crippen LogP contribution in [0.5, 0.6) is 0 Å². The zero-order valence-electron chi connectivity index (χ0n) is 12.8. The molecule has 0 radical (unpaired) electrons. The number of alkyl halides is 3. The molecule has 1 saturated heterocycles. The standard InChI is InChI=1S/C16H9Cl2F3N2O2S/c17-9-1-3-10(4-2-9)23-13(24)6-12(15(23)25)26-14-11(18)5-8(7-22-14)16(19,20)21/h1-5,7,12H,6H2. The van der Waals surface area contributed by atoms with Crippen LogP contribution in [-0.4, -0.2) is 22.0 Å². The minimum absolute atomic E-state index is 0.0590. The maximum absolute atomic E-state index is 12.7. The van der Waals surface area contributed by atoms with E-state index in [1.807, 2.05) is 0 Å². The Labute approximate surface area is 160 Å². The second-order valence-electron chi connectivity index (χ2n) is 5.36. The lowest BCUT2D eigenvalue weighted by Gasteiger charge is -2.15. The summed E-state index contributed by atoms with van der Waals surface area (Å²) in [5.74, 6) is -0.905. The molecule has 3 rings (SSSR count). The van der Waals surface area contributed by atoms with Crippen LogP contribution in [0.1, 0.15) is 12.0 Å². The van der Waals surface area contributed by atoms with Gasteiger partial charge < -0.3 is 0 Å². The predicted octanol–water partition coefficient (Wildman–Crippen LogP) is 4.83. The minimum atomic E-state index is -4.57. The van der Waals surface area contributed by atoms with E-state index in [2.05, 4.69) is 4.98 Å². The lowest BCUT2D eigenvalue weighted by molar-refractivity contribution is -0.138. The van der Waals surface area contributed by atoms with Crippen molar-refractivity contribution in [2.45, 2.75) is 22.9 Å².